The number of nitrogens with zero attached hydrogens (tertiary/aromatic N) is 3. The van der Waals surface area contributed by atoms with E-state index in [-0.39, 0.29) is 0 Å². The molecule has 15 rings (SSSR count). The molecule has 72 heavy (non-hydrogen) atoms. The van der Waals surface area contributed by atoms with Gasteiger partial charge in [-0.25, -0.2) is 0 Å². The van der Waals surface area contributed by atoms with E-state index in [9.17, 15) is 0 Å². The second-order valence-electron chi connectivity index (χ2n) is 19.2. The van der Waals surface area contributed by atoms with Crippen LogP contribution in [-0.4, -0.2) is 4.57 Å². The van der Waals surface area contributed by atoms with Gasteiger partial charge >= 0.3 is 0 Å². The van der Waals surface area contributed by atoms with Crippen molar-refractivity contribution < 1.29 is 0 Å². The molecular weight excluding hydrogens is 871 g/mol. The highest BCUT2D eigenvalue weighted by atomic mass is 15.1. The van der Waals surface area contributed by atoms with Crippen LogP contribution in [0.5, 0.6) is 0 Å². The lowest BCUT2D eigenvalue weighted by Crippen LogP contribution is -2.32. The van der Waals surface area contributed by atoms with Crippen LogP contribution in [0, 0.1) is 0 Å². The van der Waals surface area contributed by atoms with Gasteiger partial charge < -0.3 is 14.4 Å². The Morgan fingerprint density at radius 3 is 1.32 bits per heavy atom. The Kier molecular flexibility index (Phi) is 8.87. The minimum Gasteiger partial charge on any atom is -0.310 e. The molecule has 1 aromatic heterocycles. The molecule has 0 radical (unpaired) electrons. The van der Waals surface area contributed by atoms with Crippen molar-refractivity contribution in [1.82, 2.24) is 4.57 Å². The van der Waals surface area contributed by atoms with Gasteiger partial charge in [0, 0.05) is 61.5 Å². The van der Waals surface area contributed by atoms with Crippen LogP contribution < -0.4 is 9.80 Å². The minimum atomic E-state index is -0.758. The molecule has 0 saturated carbocycles. The summed E-state index contributed by atoms with van der Waals surface area (Å²) in [4.78, 5) is 4.82. The molecule has 0 atom stereocenters. The monoisotopic (exact) mass is 915 g/mol. The fourth-order valence-electron chi connectivity index (χ4n) is 12.7. The van der Waals surface area contributed by atoms with Crippen molar-refractivity contribution in [3.63, 3.8) is 0 Å². The highest BCUT2D eigenvalue weighted by Gasteiger charge is 2.51. The van der Waals surface area contributed by atoms with Crippen LogP contribution >= 0.6 is 0 Å². The Labute approximate surface area is 418 Å². The first-order valence-electron chi connectivity index (χ1n) is 24.9. The second kappa shape index (κ2) is 15.8. The lowest BCUT2D eigenvalue weighted by atomic mass is 9.61. The Balaban J connectivity index is 1.13. The number of aromatic nitrogens is 1. The van der Waals surface area contributed by atoms with Crippen LogP contribution in [0.2, 0.25) is 0 Å². The van der Waals surface area contributed by atoms with Crippen molar-refractivity contribution in [1.29, 1.82) is 0 Å². The Bertz CT molecular complexity index is 4040. The lowest BCUT2D eigenvalue weighted by molar-refractivity contribution is 0.774. The summed E-state index contributed by atoms with van der Waals surface area (Å²) < 4.78 is 2.58. The van der Waals surface area contributed by atoms with E-state index < -0.39 is 5.41 Å². The van der Waals surface area contributed by atoms with Crippen LogP contribution in [-0.2, 0) is 5.41 Å². The number of benzene rings is 12. The molecule has 1 spiro atoms. The van der Waals surface area contributed by atoms with Crippen molar-refractivity contribution in [2.45, 2.75) is 5.41 Å². The molecule has 0 saturated heterocycles. The molecule has 3 nitrogen and oxygen atoms in total. The van der Waals surface area contributed by atoms with Gasteiger partial charge in [-0.2, -0.15) is 0 Å². The molecule has 12 aromatic carbocycles. The zero-order chi connectivity index (χ0) is 47.3. The number of para-hydroxylation sites is 5. The first kappa shape index (κ1) is 40.4. The van der Waals surface area contributed by atoms with E-state index in [1.54, 1.807) is 0 Å². The van der Waals surface area contributed by atoms with Crippen molar-refractivity contribution in [3.05, 3.63) is 295 Å². The molecule has 0 amide bonds. The second-order valence-corrected chi connectivity index (χ2v) is 19.2. The molecule has 13 aromatic rings. The fraction of sp³-hybridized carbons (Fsp3) is 0.0145. The van der Waals surface area contributed by atoms with E-state index in [4.69, 9.17) is 0 Å². The summed E-state index contributed by atoms with van der Waals surface area (Å²) in [5.74, 6) is 0. The van der Waals surface area contributed by atoms with E-state index >= 15 is 0 Å². The summed E-state index contributed by atoms with van der Waals surface area (Å²) in [7, 11) is 0. The van der Waals surface area contributed by atoms with E-state index in [0.717, 1.165) is 39.8 Å². The first-order chi connectivity index (χ1) is 35.8. The zero-order valence-electron chi connectivity index (χ0n) is 39.3. The Morgan fingerprint density at radius 2 is 0.750 bits per heavy atom. The van der Waals surface area contributed by atoms with Gasteiger partial charge in [0.15, 0.2) is 0 Å². The normalized spacial score (nSPS) is 12.8. The zero-order valence-corrected chi connectivity index (χ0v) is 39.3. The molecule has 3 heteroatoms. The van der Waals surface area contributed by atoms with Crippen molar-refractivity contribution in [2.75, 3.05) is 9.80 Å². The van der Waals surface area contributed by atoms with Crippen LogP contribution in [0.1, 0.15) is 22.3 Å². The third-order valence-electron chi connectivity index (χ3n) is 15.5. The predicted molar refractivity (Wildman–Crippen MR) is 301 cm³/mol. The largest absolute Gasteiger partial charge is 0.310 e. The van der Waals surface area contributed by atoms with Crippen molar-refractivity contribution in [3.8, 4) is 27.9 Å². The summed E-state index contributed by atoms with van der Waals surface area (Å²) in [6.45, 7) is 0. The minimum absolute atomic E-state index is 0.758. The number of fused-ring (bicyclic) bond motifs is 15. The van der Waals surface area contributed by atoms with Gasteiger partial charge in [0.1, 0.15) is 0 Å². The topological polar surface area (TPSA) is 11.4 Å². The fourth-order valence-corrected chi connectivity index (χ4v) is 12.7. The molecule has 2 aliphatic carbocycles. The van der Waals surface area contributed by atoms with Gasteiger partial charge in [-0.3, -0.25) is 0 Å². The molecule has 0 fully saturated rings. The standard InChI is InChI=1S/C69H45N3/c1-6-23-48(24-7-1)70(49-25-8-2-9-26-49)53-37-40-56-57-41-38-54(71(50-27-10-3-11-28-50)51-29-12-4-13-30-51)45-64(57)69(63(56)44-53)61-35-19-22-47-21-18-34-60(65(47)61)66-62(69)43-42-59-58-39-36-46-20-16-17-33-55(46)67(58)72(68(59)66)52-31-14-5-15-32-52/h1-45H. The summed E-state index contributed by atoms with van der Waals surface area (Å²) in [5, 5.41) is 7.47. The average molecular weight is 916 g/mol. The van der Waals surface area contributed by atoms with E-state index in [2.05, 4.69) is 287 Å². The van der Waals surface area contributed by atoms with Gasteiger partial charge in [-0.05, 0) is 140 Å². The maximum Gasteiger partial charge on any atom is 0.0728 e. The quantitative estimate of drug-likeness (QED) is 0.158. The van der Waals surface area contributed by atoms with Crippen molar-refractivity contribution >= 4 is 77.5 Å². The lowest BCUT2D eigenvalue weighted by Gasteiger charge is -2.41. The number of hydrogen-bond acceptors (Lipinski definition) is 2. The molecule has 0 unspecified atom stereocenters. The summed E-state index contributed by atoms with van der Waals surface area (Å²) >= 11 is 0. The first-order valence-corrected chi connectivity index (χ1v) is 24.9. The highest BCUT2D eigenvalue weighted by Crippen LogP contribution is 2.64. The molecule has 0 N–H and O–H groups in total. The van der Waals surface area contributed by atoms with Gasteiger partial charge in [0.2, 0.25) is 0 Å². The summed E-state index contributed by atoms with van der Waals surface area (Å²) in [6, 6.07) is 101. The third-order valence-corrected chi connectivity index (χ3v) is 15.5. The SMILES string of the molecule is c1ccc(N(c2ccccc2)c2ccc3c(c2)C2(c4cc(N(c5ccccc5)c5ccccc5)ccc4-3)c3ccc4c5ccc6ccccc6c5n(-c5ccccc5)c4c3-c3cccc4cccc2c34)cc1. The third kappa shape index (κ3) is 5.73. The predicted octanol–water partition coefficient (Wildman–Crippen LogP) is 18.4. The molecule has 0 bridgehead atoms. The van der Waals surface area contributed by atoms with Crippen LogP contribution in [0.3, 0.4) is 0 Å². The average Bonchev–Trinajstić information content (AvgIpc) is 3.94. The van der Waals surface area contributed by atoms with E-state index in [0.29, 0.717) is 0 Å². The van der Waals surface area contributed by atoms with Crippen molar-refractivity contribution in [2.24, 2.45) is 0 Å². The Hall–Kier alpha value is -9.44. The van der Waals surface area contributed by atoms with Gasteiger partial charge in [0.05, 0.1) is 16.4 Å². The Morgan fingerprint density at radius 1 is 0.278 bits per heavy atom. The maximum absolute atomic E-state index is 2.58. The number of anilines is 6. The molecular formula is C69H45N3. The van der Waals surface area contributed by atoms with Gasteiger partial charge in [-0.1, -0.05) is 188 Å². The molecule has 1 heterocycles. The van der Waals surface area contributed by atoms with Crippen LogP contribution in [0.15, 0.2) is 273 Å². The number of hydrogen-bond donors (Lipinski definition) is 0. The maximum atomic E-state index is 2.58. The molecule has 336 valence electrons. The van der Waals surface area contributed by atoms with Crippen LogP contribution in [0.4, 0.5) is 34.1 Å². The van der Waals surface area contributed by atoms with E-state index in [1.807, 2.05) is 0 Å². The summed E-state index contributed by atoms with van der Waals surface area (Å²) in [5.41, 5.74) is 19.6. The molecule has 2 aliphatic rings. The number of rotatable bonds is 7. The van der Waals surface area contributed by atoms with E-state index in [1.165, 1.54) is 87.9 Å². The highest BCUT2D eigenvalue weighted by molar-refractivity contribution is 6.23. The molecule has 0 aliphatic heterocycles. The smallest absolute Gasteiger partial charge is 0.0728 e. The van der Waals surface area contributed by atoms with Gasteiger partial charge in [0.25, 0.3) is 0 Å². The van der Waals surface area contributed by atoms with Crippen LogP contribution in [0.25, 0.3) is 71.3 Å². The summed E-state index contributed by atoms with van der Waals surface area (Å²) in [6.07, 6.45) is 0. The van der Waals surface area contributed by atoms with Gasteiger partial charge in [-0.15, -0.1) is 0 Å².